The molecule has 108 valence electrons. The van der Waals surface area contributed by atoms with Crippen molar-refractivity contribution in [1.82, 2.24) is 4.98 Å². The zero-order valence-corrected chi connectivity index (χ0v) is 12.6. The molecule has 0 spiro atoms. The smallest absolute Gasteiger partial charge is 0.0544 e. The molecule has 0 atom stereocenters. The minimum atomic E-state index is 1.19. The summed E-state index contributed by atoms with van der Waals surface area (Å²) < 4.78 is 0. The third-order valence-electron chi connectivity index (χ3n) is 4.62. The Labute approximate surface area is 134 Å². The zero-order valence-electron chi connectivity index (χ0n) is 12.6. The highest BCUT2D eigenvalue weighted by Gasteiger charge is 2.10. The maximum atomic E-state index is 3.60. The molecule has 1 nitrogen and oxygen atoms in total. The number of hydrogen-bond acceptors (Lipinski definition) is 0. The first kappa shape index (κ1) is 12.5. The van der Waals surface area contributed by atoms with Crippen molar-refractivity contribution in [1.29, 1.82) is 0 Å². The fraction of sp³-hybridized carbons (Fsp3) is 0. The summed E-state index contributed by atoms with van der Waals surface area (Å²) in [7, 11) is 0. The molecule has 23 heavy (non-hydrogen) atoms. The number of rotatable bonds is 1. The van der Waals surface area contributed by atoms with Crippen molar-refractivity contribution in [3.8, 4) is 11.1 Å². The van der Waals surface area contributed by atoms with E-state index in [2.05, 4.69) is 89.9 Å². The lowest BCUT2D eigenvalue weighted by molar-refractivity contribution is 1.56. The van der Waals surface area contributed by atoms with Gasteiger partial charge in [-0.3, -0.25) is 0 Å². The average molecular weight is 293 g/mol. The van der Waals surface area contributed by atoms with Crippen LogP contribution in [0.1, 0.15) is 0 Å². The number of aromatic nitrogens is 1. The Morgan fingerprint density at radius 1 is 0.478 bits per heavy atom. The van der Waals surface area contributed by atoms with Gasteiger partial charge in [0, 0.05) is 21.7 Å². The highest BCUT2D eigenvalue weighted by Crippen LogP contribution is 2.35. The molecule has 0 fully saturated rings. The standard InChI is InChI=1S/C22H15N/c1-2-7-15(8-3-1)16-10-6-11-19-17(16)13-14-20-18-9-4-5-12-21(18)23-22(19)20/h1-14,23H. The second-order valence-electron chi connectivity index (χ2n) is 5.93. The fourth-order valence-corrected chi connectivity index (χ4v) is 3.55. The van der Waals surface area contributed by atoms with Crippen LogP contribution in [0.4, 0.5) is 0 Å². The monoisotopic (exact) mass is 293 g/mol. The molecule has 0 amide bonds. The van der Waals surface area contributed by atoms with Crippen LogP contribution in [0.2, 0.25) is 0 Å². The molecular formula is C22H15N. The molecule has 0 aliphatic carbocycles. The first-order valence-corrected chi connectivity index (χ1v) is 7.89. The molecule has 5 rings (SSSR count). The Hall–Kier alpha value is -3.06. The van der Waals surface area contributed by atoms with Crippen molar-refractivity contribution in [3.05, 3.63) is 84.9 Å². The average Bonchev–Trinajstić information content (AvgIpc) is 3.01. The molecule has 0 unspecified atom stereocenters. The number of nitrogens with one attached hydrogen (secondary N) is 1. The van der Waals surface area contributed by atoms with E-state index in [4.69, 9.17) is 0 Å². The molecule has 1 N–H and O–H groups in total. The van der Waals surface area contributed by atoms with Crippen molar-refractivity contribution in [2.24, 2.45) is 0 Å². The first-order chi connectivity index (χ1) is 11.4. The van der Waals surface area contributed by atoms with Gasteiger partial charge in [-0.1, -0.05) is 78.9 Å². The molecular weight excluding hydrogens is 278 g/mol. The molecule has 1 heterocycles. The van der Waals surface area contributed by atoms with Gasteiger partial charge in [-0.25, -0.2) is 0 Å². The molecule has 0 radical (unpaired) electrons. The Morgan fingerprint density at radius 3 is 2.09 bits per heavy atom. The van der Waals surface area contributed by atoms with Crippen molar-refractivity contribution in [3.63, 3.8) is 0 Å². The lowest BCUT2D eigenvalue weighted by Gasteiger charge is -2.08. The fourth-order valence-electron chi connectivity index (χ4n) is 3.55. The van der Waals surface area contributed by atoms with E-state index >= 15 is 0 Å². The second-order valence-corrected chi connectivity index (χ2v) is 5.93. The number of hydrogen-bond donors (Lipinski definition) is 1. The summed E-state index contributed by atoms with van der Waals surface area (Å²) in [5, 5.41) is 5.14. The number of para-hydroxylation sites is 1. The van der Waals surface area contributed by atoms with Crippen LogP contribution < -0.4 is 0 Å². The van der Waals surface area contributed by atoms with Gasteiger partial charge in [-0.05, 0) is 22.6 Å². The van der Waals surface area contributed by atoms with Crippen LogP contribution in [-0.4, -0.2) is 4.98 Å². The molecule has 5 aromatic rings. The van der Waals surface area contributed by atoms with E-state index in [-0.39, 0.29) is 0 Å². The molecule has 0 aliphatic heterocycles. The Bertz CT molecular complexity index is 1150. The Kier molecular flexibility index (Phi) is 2.56. The summed E-state index contributed by atoms with van der Waals surface area (Å²) in [4.78, 5) is 3.60. The van der Waals surface area contributed by atoms with Crippen LogP contribution in [-0.2, 0) is 0 Å². The molecule has 1 heteroatoms. The van der Waals surface area contributed by atoms with Crippen LogP contribution in [0.3, 0.4) is 0 Å². The van der Waals surface area contributed by atoms with Crippen LogP contribution >= 0.6 is 0 Å². The van der Waals surface area contributed by atoms with E-state index in [1.54, 1.807) is 0 Å². The third-order valence-corrected chi connectivity index (χ3v) is 4.62. The van der Waals surface area contributed by atoms with Gasteiger partial charge in [0.1, 0.15) is 0 Å². The van der Waals surface area contributed by atoms with Gasteiger partial charge in [0.2, 0.25) is 0 Å². The minimum absolute atomic E-state index is 1.19. The quantitative estimate of drug-likeness (QED) is 0.382. The van der Waals surface area contributed by atoms with Gasteiger partial charge >= 0.3 is 0 Å². The predicted molar refractivity (Wildman–Crippen MR) is 98.7 cm³/mol. The van der Waals surface area contributed by atoms with E-state index < -0.39 is 0 Å². The molecule has 0 aliphatic rings. The lowest BCUT2D eigenvalue weighted by atomic mass is 9.97. The van der Waals surface area contributed by atoms with Gasteiger partial charge in [0.05, 0.1) is 5.52 Å². The number of aromatic amines is 1. The van der Waals surface area contributed by atoms with Gasteiger partial charge in [-0.15, -0.1) is 0 Å². The normalized spacial score (nSPS) is 11.5. The van der Waals surface area contributed by atoms with Crippen molar-refractivity contribution in [2.75, 3.05) is 0 Å². The van der Waals surface area contributed by atoms with Crippen molar-refractivity contribution < 1.29 is 0 Å². The summed E-state index contributed by atoms with van der Waals surface area (Å²) in [5.41, 5.74) is 4.96. The summed E-state index contributed by atoms with van der Waals surface area (Å²) >= 11 is 0. The molecule has 0 saturated carbocycles. The van der Waals surface area contributed by atoms with E-state index in [1.165, 1.54) is 43.7 Å². The largest absolute Gasteiger partial charge is 0.354 e. The summed E-state index contributed by atoms with van der Waals surface area (Å²) in [5.74, 6) is 0. The van der Waals surface area contributed by atoms with E-state index in [9.17, 15) is 0 Å². The SMILES string of the molecule is c1ccc(-c2cccc3c2ccc2c4ccccc4[nH]c32)cc1. The predicted octanol–water partition coefficient (Wildman–Crippen LogP) is 6.14. The van der Waals surface area contributed by atoms with E-state index in [0.717, 1.165) is 0 Å². The third kappa shape index (κ3) is 1.80. The van der Waals surface area contributed by atoms with Gasteiger partial charge in [-0.2, -0.15) is 0 Å². The van der Waals surface area contributed by atoms with E-state index in [1.807, 2.05) is 0 Å². The molecule has 4 aromatic carbocycles. The number of H-pyrrole nitrogens is 1. The molecule has 0 bridgehead atoms. The van der Waals surface area contributed by atoms with Crippen molar-refractivity contribution >= 4 is 32.6 Å². The van der Waals surface area contributed by atoms with E-state index in [0.29, 0.717) is 0 Å². The minimum Gasteiger partial charge on any atom is -0.354 e. The topological polar surface area (TPSA) is 15.8 Å². The molecule has 1 aromatic heterocycles. The molecule has 0 saturated heterocycles. The second kappa shape index (κ2) is 4.72. The Balaban J connectivity index is 1.92. The number of benzene rings is 4. The lowest BCUT2D eigenvalue weighted by Crippen LogP contribution is -1.82. The Morgan fingerprint density at radius 2 is 1.17 bits per heavy atom. The highest BCUT2D eigenvalue weighted by atomic mass is 14.7. The van der Waals surface area contributed by atoms with Gasteiger partial charge in [0.25, 0.3) is 0 Å². The van der Waals surface area contributed by atoms with Gasteiger partial charge in [0.15, 0.2) is 0 Å². The summed E-state index contributed by atoms with van der Waals surface area (Å²) in [6.45, 7) is 0. The maximum absolute atomic E-state index is 3.60. The van der Waals surface area contributed by atoms with Crippen LogP contribution in [0.15, 0.2) is 84.9 Å². The van der Waals surface area contributed by atoms with Crippen LogP contribution in [0.25, 0.3) is 43.7 Å². The highest BCUT2D eigenvalue weighted by molar-refractivity contribution is 6.18. The maximum Gasteiger partial charge on any atom is 0.0544 e. The van der Waals surface area contributed by atoms with Crippen molar-refractivity contribution in [2.45, 2.75) is 0 Å². The van der Waals surface area contributed by atoms with Crippen LogP contribution in [0.5, 0.6) is 0 Å². The zero-order chi connectivity index (χ0) is 15.2. The van der Waals surface area contributed by atoms with Gasteiger partial charge < -0.3 is 4.98 Å². The summed E-state index contributed by atoms with van der Waals surface area (Å²) in [6, 6.07) is 30.1. The van der Waals surface area contributed by atoms with Crippen LogP contribution in [0, 0.1) is 0 Å². The number of fused-ring (bicyclic) bond motifs is 5. The first-order valence-electron chi connectivity index (χ1n) is 7.89. The summed E-state index contributed by atoms with van der Waals surface area (Å²) in [6.07, 6.45) is 0.